The molecule has 1 aromatic rings. The molecule has 0 radical (unpaired) electrons. The molecule has 0 aliphatic carbocycles. The number of benzene rings is 1. The number of alkyl halides is 3. The Morgan fingerprint density at radius 1 is 1.48 bits per heavy atom. The Morgan fingerprint density at radius 3 is 2.67 bits per heavy atom. The van der Waals surface area contributed by atoms with Gasteiger partial charge in [0.2, 0.25) is 5.91 Å². The molecule has 1 unspecified atom stereocenters. The monoisotopic (exact) mass is 318 g/mol. The van der Waals surface area contributed by atoms with Gasteiger partial charge in [0, 0.05) is 12.1 Å². The molecule has 2 rings (SSSR count). The van der Waals surface area contributed by atoms with Crippen LogP contribution in [-0.4, -0.2) is 29.3 Å². The van der Waals surface area contributed by atoms with E-state index in [2.05, 4.69) is 0 Å². The smallest absolute Gasteiger partial charge is 0.382 e. The molecular weight excluding hydrogens is 309 g/mol. The Hall–Kier alpha value is -1.78. The minimum Gasteiger partial charge on any atom is -0.382 e. The van der Waals surface area contributed by atoms with Gasteiger partial charge in [-0.1, -0.05) is 11.6 Å². The summed E-state index contributed by atoms with van der Waals surface area (Å²) in [5.74, 6) is -0.524. The average molecular weight is 319 g/mol. The van der Waals surface area contributed by atoms with Gasteiger partial charge in [-0.2, -0.15) is 18.4 Å². The van der Waals surface area contributed by atoms with Crippen LogP contribution in [0, 0.1) is 11.3 Å². The molecular formula is C13H10ClF3N2O2. The Morgan fingerprint density at radius 2 is 2.14 bits per heavy atom. The zero-order valence-corrected chi connectivity index (χ0v) is 11.3. The second-order valence-corrected chi connectivity index (χ2v) is 5.04. The summed E-state index contributed by atoms with van der Waals surface area (Å²) >= 11 is 5.83. The van der Waals surface area contributed by atoms with Gasteiger partial charge in [0.25, 0.3) is 0 Å². The zero-order valence-electron chi connectivity index (χ0n) is 10.6. The van der Waals surface area contributed by atoms with Crippen molar-refractivity contribution in [3.8, 4) is 6.07 Å². The lowest BCUT2D eigenvalue weighted by molar-refractivity contribution is -0.209. The van der Waals surface area contributed by atoms with Crippen LogP contribution in [-0.2, 0) is 4.79 Å². The van der Waals surface area contributed by atoms with Crippen molar-refractivity contribution in [1.29, 1.82) is 5.26 Å². The third-order valence-corrected chi connectivity index (χ3v) is 3.62. The summed E-state index contributed by atoms with van der Waals surface area (Å²) in [6, 6.07) is 4.34. The van der Waals surface area contributed by atoms with E-state index >= 15 is 0 Å². The predicted octanol–water partition coefficient (Wildman–Crippen LogP) is 2.63. The number of hydrogen-bond donors (Lipinski definition) is 1. The molecule has 0 saturated carbocycles. The minimum absolute atomic E-state index is 0.0370. The molecule has 1 N–H and O–H groups in total. The van der Waals surface area contributed by atoms with Gasteiger partial charge in [0.15, 0.2) is 6.10 Å². The van der Waals surface area contributed by atoms with E-state index in [1.165, 1.54) is 18.2 Å². The van der Waals surface area contributed by atoms with Crippen molar-refractivity contribution < 1.29 is 23.1 Å². The Kier molecular flexibility index (Phi) is 4.12. The molecule has 8 heteroatoms. The van der Waals surface area contributed by atoms with E-state index in [0.29, 0.717) is 0 Å². The highest BCUT2D eigenvalue weighted by atomic mass is 35.5. The Bertz CT molecular complexity index is 612. The lowest BCUT2D eigenvalue weighted by atomic mass is 10.1. The zero-order chi connectivity index (χ0) is 15.8. The number of nitrogens with zero attached hydrogens (tertiary/aromatic N) is 2. The summed E-state index contributed by atoms with van der Waals surface area (Å²) in [6.07, 6.45) is -7.63. The van der Waals surface area contributed by atoms with Crippen LogP contribution in [0.2, 0.25) is 5.02 Å². The van der Waals surface area contributed by atoms with E-state index in [1.807, 2.05) is 6.07 Å². The minimum atomic E-state index is -4.82. The average Bonchev–Trinajstić information content (AvgIpc) is 2.78. The van der Waals surface area contributed by atoms with Crippen molar-refractivity contribution in [2.45, 2.75) is 31.2 Å². The van der Waals surface area contributed by atoms with Crippen LogP contribution in [0.25, 0.3) is 0 Å². The molecule has 0 spiro atoms. The van der Waals surface area contributed by atoms with Gasteiger partial charge in [-0.15, -0.1) is 0 Å². The maximum Gasteiger partial charge on any atom is 0.416 e. The van der Waals surface area contributed by atoms with Gasteiger partial charge in [-0.25, -0.2) is 0 Å². The van der Waals surface area contributed by atoms with E-state index in [-0.39, 0.29) is 29.1 Å². The maximum absolute atomic E-state index is 12.7. The highest BCUT2D eigenvalue weighted by Gasteiger charge is 2.49. The first-order valence-electron chi connectivity index (χ1n) is 6.02. The van der Waals surface area contributed by atoms with Crippen molar-refractivity contribution in [2.75, 3.05) is 4.90 Å². The number of halogens is 4. The summed E-state index contributed by atoms with van der Waals surface area (Å²) < 4.78 is 38.0. The highest BCUT2D eigenvalue weighted by Crippen LogP contribution is 2.35. The van der Waals surface area contributed by atoms with E-state index in [4.69, 9.17) is 16.9 Å². The van der Waals surface area contributed by atoms with Crippen LogP contribution in [0.1, 0.15) is 18.4 Å². The molecule has 1 saturated heterocycles. The fourth-order valence-electron chi connectivity index (χ4n) is 2.30. The van der Waals surface area contributed by atoms with Crippen LogP contribution in [0.15, 0.2) is 18.2 Å². The first-order valence-corrected chi connectivity index (χ1v) is 6.40. The van der Waals surface area contributed by atoms with Gasteiger partial charge in [0.1, 0.15) is 6.07 Å². The van der Waals surface area contributed by atoms with Gasteiger partial charge in [-0.05, 0) is 24.6 Å². The Labute approximate surface area is 123 Å². The number of anilines is 1. The molecule has 1 amide bonds. The van der Waals surface area contributed by atoms with Crippen molar-refractivity contribution in [1.82, 2.24) is 0 Å². The SMILES string of the molecule is N#Cc1ccc(N2C(=O)CCC2[C@@H](O)C(F)(F)F)cc1Cl. The number of aliphatic hydroxyl groups is 1. The molecule has 0 aromatic heterocycles. The fraction of sp³-hybridized carbons (Fsp3) is 0.385. The summed E-state index contributed by atoms with van der Waals surface area (Å²) in [7, 11) is 0. The second-order valence-electron chi connectivity index (χ2n) is 4.63. The number of aliphatic hydroxyl groups excluding tert-OH is 1. The van der Waals surface area contributed by atoms with Crippen LogP contribution >= 0.6 is 11.6 Å². The first-order chi connectivity index (χ1) is 9.75. The Balaban J connectivity index is 2.38. The van der Waals surface area contributed by atoms with Crippen LogP contribution in [0.3, 0.4) is 0 Å². The normalized spacial score (nSPS) is 20.5. The molecule has 1 heterocycles. The molecule has 21 heavy (non-hydrogen) atoms. The topological polar surface area (TPSA) is 64.3 Å². The summed E-state index contributed by atoms with van der Waals surface area (Å²) in [5, 5.41) is 18.2. The molecule has 1 aliphatic rings. The lowest BCUT2D eigenvalue weighted by Gasteiger charge is -2.30. The molecule has 4 nitrogen and oxygen atoms in total. The second kappa shape index (κ2) is 5.54. The fourth-order valence-corrected chi connectivity index (χ4v) is 2.52. The molecule has 1 fully saturated rings. The number of nitriles is 1. The standard InChI is InChI=1S/C13H10ClF3N2O2/c14-9-5-8(2-1-7(9)6-18)19-10(3-4-11(19)20)12(21)13(15,16)17/h1-2,5,10,12,21H,3-4H2/t10?,12-/m1/s1. The van der Waals surface area contributed by atoms with Crippen molar-refractivity contribution in [2.24, 2.45) is 0 Å². The molecule has 1 aromatic carbocycles. The number of rotatable bonds is 2. The number of carbonyl (C=O) groups is 1. The van der Waals surface area contributed by atoms with E-state index < -0.39 is 24.2 Å². The van der Waals surface area contributed by atoms with E-state index in [0.717, 1.165) is 4.90 Å². The van der Waals surface area contributed by atoms with Crippen molar-refractivity contribution in [3.63, 3.8) is 0 Å². The summed E-state index contributed by atoms with van der Waals surface area (Å²) in [4.78, 5) is 12.7. The third kappa shape index (κ3) is 2.96. The number of amides is 1. The van der Waals surface area contributed by atoms with E-state index in [9.17, 15) is 23.1 Å². The van der Waals surface area contributed by atoms with Crippen LogP contribution in [0.4, 0.5) is 18.9 Å². The third-order valence-electron chi connectivity index (χ3n) is 3.31. The van der Waals surface area contributed by atoms with Gasteiger partial charge < -0.3 is 10.0 Å². The van der Waals surface area contributed by atoms with Gasteiger partial charge >= 0.3 is 6.18 Å². The van der Waals surface area contributed by atoms with Crippen molar-refractivity contribution in [3.05, 3.63) is 28.8 Å². The summed E-state index contributed by atoms with van der Waals surface area (Å²) in [6.45, 7) is 0. The molecule has 1 aliphatic heterocycles. The van der Waals surface area contributed by atoms with Crippen LogP contribution < -0.4 is 4.90 Å². The quantitative estimate of drug-likeness (QED) is 0.911. The van der Waals surface area contributed by atoms with Gasteiger partial charge in [0.05, 0.1) is 16.6 Å². The van der Waals surface area contributed by atoms with Gasteiger partial charge in [-0.3, -0.25) is 4.79 Å². The largest absolute Gasteiger partial charge is 0.416 e. The molecule has 112 valence electrons. The summed E-state index contributed by atoms with van der Waals surface area (Å²) in [5.41, 5.74) is 0.287. The van der Waals surface area contributed by atoms with E-state index in [1.54, 1.807) is 0 Å². The maximum atomic E-state index is 12.7. The lowest BCUT2D eigenvalue weighted by Crippen LogP contribution is -2.48. The predicted molar refractivity (Wildman–Crippen MR) is 68.7 cm³/mol. The molecule has 2 atom stereocenters. The first kappa shape index (κ1) is 15.6. The highest BCUT2D eigenvalue weighted by molar-refractivity contribution is 6.32. The molecule has 0 bridgehead atoms. The number of hydrogen-bond acceptors (Lipinski definition) is 3. The van der Waals surface area contributed by atoms with Crippen LogP contribution in [0.5, 0.6) is 0 Å². The van der Waals surface area contributed by atoms with Crippen molar-refractivity contribution >= 4 is 23.2 Å². The number of carbonyl (C=O) groups excluding carboxylic acids is 1.